The van der Waals surface area contributed by atoms with E-state index in [0.717, 1.165) is 29.5 Å². The molecule has 5 nitrogen and oxygen atoms in total. The van der Waals surface area contributed by atoms with Gasteiger partial charge in [-0.3, -0.25) is 9.89 Å². The molecule has 2 N–H and O–H groups in total. The maximum absolute atomic E-state index is 12.5. The SMILES string of the molecule is O=C(Nc1n[nH]c2cc(OC3CCCC3)ccc12)c1cc(Cl)cc(Cl)c1. The van der Waals surface area contributed by atoms with Crippen molar-refractivity contribution < 1.29 is 9.53 Å². The number of H-pyrrole nitrogens is 1. The molecule has 1 heterocycles. The third kappa shape index (κ3) is 3.64. The molecule has 1 aliphatic rings. The number of benzene rings is 2. The molecule has 4 rings (SSSR count). The van der Waals surface area contributed by atoms with Crippen LogP contribution in [0.15, 0.2) is 36.4 Å². The van der Waals surface area contributed by atoms with E-state index in [0.29, 0.717) is 27.5 Å². The summed E-state index contributed by atoms with van der Waals surface area (Å²) in [5.74, 6) is 0.940. The van der Waals surface area contributed by atoms with E-state index >= 15 is 0 Å². The van der Waals surface area contributed by atoms with Gasteiger partial charge in [0, 0.05) is 27.1 Å². The van der Waals surface area contributed by atoms with Crippen molar-refractivity contribution in [3.8, 4) is 5.75 Å². The van der Waals surface area contributed by atoms with Crippen LogP contribution >= 0.6 is 23.2 Å². The molecule has 0 unspecified atom stereocenters. The minimum Gasteiger partial charge on any atom is -0.490 e. The molecule has 0 bridgehead atoms. The number of ether oxygens (including phenoxy) is 1. The van der Waals surface area contributed by atoms with Gasteiger partial charge in [-0.05, 0) is 56.0 Å². The number of rotatable bonds is 4. The zero-order chi connectivity index (χ0) is 18.1. The van der Waals surface area contributed by atoms with Gasteiger partial charge in [-0.15, -0.1) is 0 Å². The first kappa shape index (κ1) is 17.2. The van der Waals surface area contributed by atoms with Crippen molar-refractivity contribution in [2.24, 2.45) is 0 Å². The zero-order valence-electron chi connectivity index (χ0n) is 13.9. The Morgan fingerprint density at radius 3 is 2.58 bits per heavy atom. The summed E-state index contributed by atoms with van der Waals surface area (Å²) in [6, 6.07) is 10.4. The summed E-state index contributed by atoms with van der Waals surface area (Å²) >= 11 is 11.9. The van der Waals surface area contributed by atoms with Crippen LogP contribution < -0.4 is 10.1 Å². The maximum atomic E-state index is 12.5. The fraction of sp³-hybridized carbons (Fsp3) is 0.263. The summed E-state index contributed by atoms with van der Waals surface area (Å²) in [7, 11) is 0. The van der Waals surface area contributed by atoms with Crippen LogP contribution in [0.4, 0.5) is 5.82 Å². The second kappa shape index (κ2) is 7.17. The molecule has 0 saturated heterocycles. The Morgan fingerprint density at radius 2 is 1.85 bits per heavy atom. The van der Waals surface area contributed by atoms with Gasteiger partial charge in [0.1, 0.15) is 5.75 Å². The van der Waals surface area contributed by atoms with E-state index in [1.54, 1.807) is 18.2 Å². The summed E-state index contributed by atoms with van der Waals surface area (Å²) in [5.41, 5.74) is 1.18. The number of carbonyl (C=O) groups excluding carboxylic acids is 1. The van der Waals surface area contributed by atoms with Gasteiger partial charge in [-0.2, -0.15) is 5.10 Å². The molecule has 0 radical (unpaired) electrons. The molecule has 1 aliphatic carbocycles. The van der Waals surface area contributed by atoms with Crippen molar-refractivity contribution >= 4 is 45.8 Å². The maximum Gasteiger partial charge on any atom is 0.256 e. The number of aromatic amines is 1. The highest BCUT2D eigenvalue weighted by Gasteiger charge is 2.17. The van der Waals surface area contributed by atoms with Gasteiger partial charge in [0.2, 0.25) is 0 Å². The van der Waals surface area contributed by atoms with E-state index in [-0.39, 0.29) is 5.91 Å². The first-order valence-corrected chi connectivity index (χ1v) is 9.26. The smallest absolute Gasteiger partial charge is 0.256 e. The summed E-state index contributed by atoms with van der Waals surface area (Å²) in [5, 5.41) is 11.5. The lowest BCUT2D eigenvalue weighted by atomic mass is 10.2. The minimum atomic E-state index is -0.325. The fourth-order valence-electron chi connectivity index (χ4n) is 3.23. The molecule has 134 valence electrons. The highest BCUT2D eigenvalue weighted by molar-refractivity contribution is 6.35. The van der Waals surface area contributed by atoms with Gasteiger partial charge in [0.15, 0.2) is 5.82 Å². The van der Waals surface area contributed by atoms with Crippen LogP contribution in [0, 0.1) is 0 Å². The second-order valence-corrected chi connectivity index (χ2v) is 7.29. The summed E-state index contributed by atoms with van der Waals surface area (Å²) in [6.45, 7) is 0. The fourth-order valence-corrected chi connectivity index (χ4v) is 3.76. The third-order valence-corrected chi connectivity index (χ3v) is 4.93. The predicted octanol–water partition coefficient (Wildman–Crippen LogP) is 5.44. The van der Waals surface area contributed by atoms with E-state index in [4.69, 9.17) is 27.9 Å². The molecule has 26 heavy (non-hydrogen) atoms. The van der Waals surface area contributed by atoms with Gasteiger partial charge in [-0.25, -0.2) is 0 Å². The number of hydrogen-bond acceptors (Lipinski definition) is 3. The lowest BCUT2D eigenvalue weighted by Gasteiger charge is -2.12. The topological polar surface area (TPSA) is 67.0 Å². The molecule has 2 aromatic carbocycles. The van der Waals surface area contributed by atoms with E-state index in [1.165, 1.54) is 12.8 Å². The van der Waals surface area contributed by atoms with Gasteiger partial charge >= 0.3 is 0 Å². The average Bonchev–Trinajstić information content (AvgIpc) is 3.24. The Bertz CT molecular complexity index is 944. The number of amides is 1. The largest absolute Gasteiger partial charge is 0.490 e. The Balaban J connectivity index is 1.54. The number of hydrogen-bond donors (Lipinski definition) is 2. The van der Waals surface area contributed by atoms with Crippen LogP contribution in [0.2, 0.25) is 10.0 Å². The zero-order valence-corrected chi connectivity index (χ0v) is 15.4. The van der Waals surface area contributed by atoms with Gasteiger partial charge < -0.3 is 10.1 Å². The standard InChI is InChI=1S/C19H17Cl2N3O2/c20-12-7-11(8-13(21)9-12)19(25)22-18-16-6-5-15(10-17(16)23-24-18)26-14-3-1-2-4-14/h5-10,14H,1-4H2,(H2,22,23,24,25). The van der Waals surface area contributed by atoms with Crippen molar-refractivity contribution in [3.05, 3.63) is 52.0 Å². The van der Waals surface area contributed by atoms with E-state index in [1.807, 2.05) is 18.2 Å². The average molecular weight is 390 g/mol. The van der Waals surface area contributed by atoms with Crippen LogP contribution in [-0.2, 0) is 0 Å². The second-order valence-electron chi connectivity index (χ2n) is 6.42. The van der Waals surface area contributed by atoms with Crippen molar-refractivity contribution in [3.63, 3.8) is 0 Å². The normalized spacial score (nSPS) is 14.7. The molecular weight excluding hydrogens is 373 g/mol. The molecular formula is C19H17Cl2N3O2. The molecule has 3 aromatic rings. The van der Waals surface area contributed by atoms with E-state index in [9.17, 15) is 4.79 Å². The molecule has 0 aliphatic heterocycles. The molecule has 0 spiro atoms. The quantitative estimate of drug-likeness (QED) is 0.623. The summed E-state index contributed by atoms with van der Waals surface area (Å²) in [4.78, 5) is 12.5. The molecule has 7 heteroatoms. The van der Waals surface area contributed by atoms with Crippen molar-refractivity contribution in [1.29, 1.82) is 0 Å². The van der Waals surface area contributed by atoms with Gasteiger partial charge in [-0.1, -0.05) is 23.2 Å². The Hall–Kier alpha value is -2.24. The van der Waals surface area contributed by atoms with Crippen molar-refractivity contribution in [2.75, 3.05) is 5.32 Å². The number of aromatic nitrogens is 2. The number of anilines is 1. The molecule has 1 aromatic heterocycles. The predicted molar refractivity (Wildman–Crippen MR) is 103 cm³/mol. The Morgan fingerprint density at radius 1 is 1.12 bits per heavy atom. The highest BCUT2D eigenvalue weighted by Crippen LogP contribution is 2.29. The number of nitrogens with zero attached hydrogens (tertiary/aromatic N) is 1. The lowest BCUT2D eigenvalue weighted by molar-refractivity contribution is 0.102. The first-order chi connectivity index (χ1) is 12.6. The van der Waals surface area contributed by atoms with Crippen LogP contribution in [0.25, 0.3) is 10.9 Å². The lowest BCUT2D eigenvalue weighted by Crippen LogP contribution is -2.12. The molecule has 1 saturated carbocycles. The number of carbonyl (C=O) groups is 1. The van der Waals surface area contributed by atoms with E-state index in [2.05, 4.69) is 15.5 Å². The van der Waals surface area contributed by atoms with Crippen LogP contribution in [0.3, 0.4) is 0 Å². The molecule has 1 fully saturated rings. The number of fused-ring (bicyclic) bond motifs is 1. The third-order valence-electron chi connectivity index (χ3n) is 4.50. The van der Waals surface area contributed by atoms with Crippen molar-refractivity contribution in [1.82, 2.24) is 10.2 Å². The van der Waals surface area contributed by atoms with Crippen LogP contribution in [0.1, 0.15) is 36.0 Å². The summed E-state index contributed by atoms with van der Waals surface area (Å²) in [6.07, 6.45) is 4.94. The van der Waals surface area contributed by atoms with Crippen molar-refractivity contribution in [2.45, 2.75) is 31.8 Å². The van der Waals surface area contributed by atoms with E-state index < -0.39 is 0 Å². The molecule has 1 amide bonds. The Kier molecular flexibility index (Phi) is 4.74. The minimum absolute atomic E-state index is 0.294. The van der Waals surface area contributed by atoms with Gasteiger partial charge in [0.05, 0.1) is 11.6 Å². The Labute approximate surface area is 160 Å². The first-order valence-electron chi connectivity index (χ1n) is 8.51. The van der Waals surface area contributed by atoms with Gasteiger partial charge in [0.25, 0.3) is 5.91 Å². The summed E-state index contributed by atoms with van der Waals surface area (Å²) < 4.78 is 6.00. The highest BCUT2D eigenvalue weighted by atomic mass is 35.5. The molecule has 0 atom stereocenters. The number of nitrogens with one attached hydrogen (secondary N) is 2. The monoisotopic (exact) mass is 389 g/mol. The van der Waals surface area contributed by atoms with Crippen LogP contribution in [0.5, 0.6) is 5.75 Å². The number of halogens is 2. The van der Waals surface area contributed by atoms with Crippen LogP contribution in [-0.4, -0.2) is 22.2 Å².